The molecule has 1 fully saturated rings. The molecular weight excluding hydrogens is 452 g/mol. The van der Waals surface area contributed by atoms with Gasteiger partial charge in [0.25, 0.3) is 11.8 Å². The molecule has 4 rings (SSSR count). The second-order valence-corrected chi connectivity index (χ2v) is 7.91. The van der Waals surface area contributed by atoms with Crippen LogP contribution in [0.25, 0.3) is 0 Å². The second kappa shape index (κ2) is 10.2. The number of amides is 2. The van der Waals surface area contributed by atoms with Crippen LogP contribution in [0.2, 0.25) is 0 Å². The molecule has 0 saturated carbocycles. The molecule has 2 atom stereocenters. The number of anilines is 1. The number of phenols is 1. The highest BCUT2D eigenvalue weighted by molar-refractivity contribution is 6.11. The monoisotopic (exact) mass is 476 g/mol. The van der Waals surface area contributed by atoms with E-state index in [4.69, 9.17) is 10.5 Å². The van der Waals surface area contributed by atoms with Gasteiger partial charge in [-0.2, -0.15) is 0 Å². The van der Waals surface area contributed by atoms with Crippen LogP contribution < -0.4 is 26.4 Å². The molecule has 0 unspecified atom stereocenters. The standard InChI is InChI=1S/C24H24N6O5/c1-35-15-6-7-16(20(31)10-15)21(32)13-2-4-14(5-3-13)22(33)28-18-11-26-12-19(18)29-23(34)17-8-9-27-24(25)30-17/h2-10,18-19,26,31H,11-12H2,1H3,(H,28,33)(H,29,34)(H2,25,27,30)/t18-,19-/m1/s1. The number of nitrogens with two attached hydrogens (primary N) is 1. The number of aromatic nitrogens is 2. The number of phenolic OH excluding ortho intramolecular Hbond substituents is 1. The molecule has 11 nitrogen and oxygen atoms in total. The van der Waals surface area contributed by atoms with Crippen molar-refractivity contribution in [2.24, 2.45) is 0 Å². The molecule has 2 heterocycles. The van der Waals surface area contributed by atoms with Crippen molar-refractivity contribution in [3.63, 3.8) is 0 Å². The van der Waals surface area contributed by atoms with E-state index in [9.17, 15) is 19.5 Å². The number of aromatic hydroxyl groups is 1. The molecule has 2 amide bonds. The topological polar surface area (TPSA) is 169 Å². The van der Waals surface area contributed by atoms with Crippen molar-refractivity contribution in [1.82, 2.24) is 25.9 Å². The highest BCUT2D eigenvalue weighted by Crippen LogP contribution is 2.25. The summed E-state index contributed by atoms with van der Waals surface area (Å²) in [5.74, 6) is -0.917. The molecule has 0 bridgehead atoms. The first-order valence-corrected chi connectivity index (χ1v) is 10.8. The Morgan fingerprint density at radius 1 is 1.00 bits per heavy atom. The van der Waals surface area contributed by atoms with Crippen molar-refractivity contribution in [1.29, 1.82) is 0 Å². The molecule has 0 spiro atoms. The van der Waals surface area contributed by atoms with Crippen LogP contribution in [0.3, 0.4) is 0 Å². The smallest absolute Gasteiger partial charge is 0.270 e. The molecule has 2 aromatic carbocycles. The first-order chi connectivity index (χ1) is 16.9. The highest BCUT2D eigenvalue weighted by Gasteiger charge is 2.30. The Balaban J connectivity index is 1.39. The van der Waals surface area contributed by atoms with Gasteiger partial charge in [-0.05, 0) is 30.3 Å². The van der Waals surface area contributed by atoms with E-state index in [-0.39, 0.29) is 46.7 Å². The highest BCUT2D eigenvalue weighted by atomic mass is 16.5. The van der Waals surface area contributed by atoms with Gasteiger partial charge in [-0.15, -0.1) is 0 Å². The maximum absolute atomic E-state index is 12.8. The Morgan fingerprint density at radius 2 is 1.66 bits per heavy atom. The third kappa shape index (κ3) is 5.36. The molecule has 35 heavy (non-hydrogen) atoms. The number of nitrogen functional groups attached to an aromatic ring is 1. The number of carbonyl (C=O) groups is 3. The molecule has 1 aliphatic heterocycles. The molecule has 0 aliphatic carbocycles. The van der Waals surface area contributed by atoms with Gasteiger partial charge in [0.1, 0.15) is 17.2 Å². The third-order valence-corrected chi connectivity index (χ3v) is 5.61. The average molecular weight is 476 g/mol. The lowest BCUT2D eigenvalue weighted by molar-refractivity contribution is 0.0894. The van der Waals surface area contributed by atoms with E-state index in [1.54, 1.807) is 6.07 Å². The summed E-state index contributed by atoms with van der Waals surface area (Å²) in [6.07, 6.45) is 1.40. The van der Waals surface area contributed by atoms with Gasteiger partial charge < -0.3 is 31.5 Å². The van der Waals surface area contributed by atoms with Gasteiger partial charge in [-0.25, -0.2) is 9.97 Å². The fourth-order valence-electron chi connectivity index (χ4n) is 3.74. The molecule has 1 aromatic heterocycles. The summed E-state index contributed by atoms with van der Waals surface area (Å²) in [6.45, 7) is 0.936. The fraction of sp³-hybridized carbons (Fsp3) is 0.208. The van der Waals surface area contributed by atoms with Crippen LogP contribution in [0.5, 0.6) is 11.5 Å². The lowest BCUT2D eigenvalue weighted by Crippen LogP contribution is -2.51. The summed E-state index contributed by atoms with van der Waals surface area (Å²) in [6, 6.07) is 11.3. The molecule has 6 N–H and O–H groups in total. The predicted molar refractivity (Wildman–Crippen MR) is 126 cm³/mol. The molecule has 1 saturated heterocycles. The SMILES string of the molecule is COc1ccc(C(=O)c2ccc(C(=O)N[C@@H]3CNC[C@H]3NC(=O)c3ccnc(N)n3)cc2)c(O)c1. The second-order valence-electron chi connectivity index (χ2n) is 7.91. The minimum Gasteiger partial charge on any atom is -0.507 e. The van der Waals surface area contributed by atoms with E-state index < -0.39 is 5.91 Å². The maximum Gasteiger partial charge on any atom is 0.270 e. The zero-order chi connectivity index (χ0) is 24.9. The van der Waals surface area contributed by atoms with Gasteiger partial charge in [0.2, 0.25) is 5.95 Å². The maximum atomic E-state index is 12.8. The Morgan fingerprint density at radius 3 is 2.29 bits per heavy atom. The number of hydrogen-bond acceptors (Lipinski definition) is 9. The Kier molecular flexibility index (Phi) is 6.88. The van der Waals surface area contributed by atoms with E-state index in [1.165, 1.54) is 55.8 Å². The van der Waals surface area contributed by atoms with Crippen molar-refractivity contribution in [2.75, 3.05) is 25.9 Å². The summed E-state index contributed by atoms with van der Waals surface area (Å²) in [5.41, 5.74) is 6.47. The lowest BCUT2D eigenvalue weighted by Gasteiger charge is -2.21. The summed E-state index contributed by atoms with van der Waals surface area (Å²) in [7, 11) is 1.46. The molecule has 0 radical (unpaired) electrons. The number of nitrogens with one attached hydrogen (secondary N) is 3. The van der Waals surface area contributed by atoms with E-state index in [0.717, 1.165) is 0 Å². The van der Waals surface area contributed by atoms with Gasteiger partial charge in [0.05, 0.1) is 24.8 Å². The van der Waals surface area contributed by atoms with Gasteiger partial charge in [0.15, 0.2) is 5.78 Å². The van der Waals surface area contributed by atoms with E-state index >= 15 is 0 Å². The number of hydrogen-bond donors (Lipinski definition) is 5. The fourth-order valence-corrected chi connectivity index (χ4v) is 3.74. The predicted octanol–water partition coefficient (Wildman–Crippen LogP) is 0.504. The zero-order valence-electron chi connectivity index (χ0n) is 18.8. The largest absolute Gasteiger partial charge is 0.507 e. The van der Waals surface area contributed by atoms with Crippen LogP contribution in [0.4, 0.5) is 5.95 Å². The van der Waals surface area contributed by atoms with E-state index in [2.05, 4.69) is 25.9 Å². The molecule has 180 valence electrons. The van der Waals surface area contributed by atoms with Gasteiger partial charge in [-0.3, -0.25) is 14.4 Å². The van der Waals surface area contributed by atoms with Crippen molar-refractivity contribution in [3.8, 4) is 11.5 Å². The average Bonchev–Trinajstić information content (AvgIpc) is 3.29. The lowest BCUT2D eigenvalue weighted by atomic mass is 10.0. The van der Waals surface area contributed by atoms with Crippen LogP contribution in [0.15, 0.2) is 54.7 Å². The Bertz CT molecular complexity index is 1260. The van der Waals surface area contributed by atoms with Crippen LogP contribution in [-0.4, -0.2) is 65.0 Å². The summed E-state index contributed by atoms with van der Waals surface area (Å²) < 4.78 is 5.03. The molecular formula is C24H24N6O5. The number of benzene rings is 2. The van der Waals surface area contributed by atoms with Crippen molar-refractivity contribution in [3.05, 3.63) is 77.1 Å². The summed E-state index contributed by atoms with van der Waals surface area (Å²) in [4.78, 5) is 45.7. The number of ether oxygens (including phenoxy) is 1. The number of ketones is 1. The van der Waals surface area contributed by atoms with Gasteiger partial charge >= 0.3 is 0 Å². The van der Waals surface area contributed by atoms with Crippen LogP contribution in [0, 0.1) is 0 Å². The first-order valence-electron chi connectivity index (χ1n) is 10.8. The summed E-state index contributed by atoms with van der Waals surface area (Å²) in [5, 5.41) is 19.0. The minimum absolute atomic E-state index is 0.00354. The van der Waals surface area contributed by atoms with Crippen LogP contribution in [0.1, 0.15) is 36.8 Å². The quantitative estimate of drug-likeness (QED) is 0.305. The van der Waals surface area contributed by atoms with Crippen molar-refractivity contribution < 1.29 is 24.2 Å². The van der Waals surface area contributed by atoms with E-state index in [0.29, 0.717) is 30.0 Å². The Labute approximate surface area is 200 Å². The van der Waals surface area contributed by atoms with Crippen LogP contribution >= 0.6 is 0 Å². The van der Waals surface area contributed by atoms with Crippen molar-refractivity contribution in [2.45, 2.75) is 12.1 Å². The third-order valence-electron chi connectivity index (χ3n) is 5.61. The molecule has 11 heteroatoms. The van der Waals surface area contributed by atoms with Gasteiger partial charge in [0, 0.05) is 36.5 Å². The first kappa shape index (κ1) is 23.6. The van der Waals surface area contributed by atoms with Gasteiger partial charge in [-0.1, -0.05) is 12.1 Å². The number of nitrogens with zero attached hydrogens (tertiary/aromatic N) is 2. The number of methoxy groups -OCH3 is 1. The zero-order valence-corrected chi connectivity index (χ0v) is 18.8. The molecule has 1 aliphatic rings. The Hall–Kier alpha value is -4.51. The number of carbonyl (C=O) groups excluding carboxylic acids is 3. The van der Waals surface area contributed by atoms with E-state index in [1.807, 2.05) is 0 Å². The van der Waals surface area contributed by atoms with Crippen molar-refractivity contribution >= 4 is 23.5 Å². The summed E-state index contributed by atoms with van der Waals surface area (Å²) >= 11 is 0. The molecule has 3 aromatic rings. The van der Waals surface area contributed by atoms with Crippen LogP contribution in [-0.2, 0) is 0 Å². The minimum atomic E-state index is -0.420. The number of rotatable bonds is 7. The normalized spacial score (nSPS) is 16.9.